The second-order valence-corrected chi connectivity index (χ2v) is 10.1. The molecule has 12 heteroatoms. The molecule has 4 heterocycles. The number of amides is 1. The number of pyridine rings is 1. The highest BCUT2D eigenvalue weighted by molar-refractivity contribution is 6.02. The molecule has 1 fully saturated rings. The third kappa shape index (κ3) is 5.02. The van der Waals surface area contributed by atoms with Gasteiger partial charge < -0.3 is 14.5 Å². The van der Waals surface area contributed by atoms with E-state index in [1.807, 2.05) is 0 Å². The van der Waals surface area contributed by atoms with Gasteiger partial charge >= 0.3 is 6.01 Å². The zero-order valence-corrected chi connectivity index (χ0v) is 23.6. The summed E-state index contributed by atoms with van der Waals surface area (Å²) in [6.07, 6.45) is 10.0. The molecule has 2 aromatic carbocycles. The number of rotatable bonds is 6. The first-order valence-corrected chi connectivity index (χ1v) is 13.6. The van der Waals surface area contributed by atoms with Crippen LogP contribution in [0, 0.1) is 24.0 Å². The minimum absolute atomic E-state index is 0.00315. The third-order valence-electron chi connectivity index (χ3n) is 7.62. The lowest BCUT2D eigenvalue weighted by Crippen LogP contribution is -2.37. The molecule has 0 aliphatic carbocycles. The lowest BCUT2D eigenvalue weighted by molar-refractivity contribution is -0.127. The Balaban J connectivity index is 1.36. The number of benzene rings is 2. The number of nitrogens with zero attached hydrogens (tertiary/aromatic N) is 7. The molecule has 44 heavy (non-hydrogen) atoms. The van der Waals surface area contributed by atoms with Crippen molar-refractivity contribution in [2.75, 3.05) is 32.1 Å². The summed E-state index contributed by atoms with van der Waals surface area (Å²) in [6, 6.07) is 10.7. The Bertz CT molecular complexity index is 2000. The van der Waals surface area contributed by atoms with Crippen LogP contribution in [0.15, 0.2) is 60.7 Å². The molecule has 0 spiro atoms. The molecular weight excluding hydrogens is 571 g/mol. The van der Waals surface area contributed by atoms with Crippen molar-refractivity contribution < 1.29 is 22.7 Å². The SMILES string of the molecule is C#Cc1c(F)ccc2cccc(-c3ncc4c(N(C)[C@H]5CCN(C(=O)/C(F)=C/c6cccnn6)C5)nc(OC)nc4c3F)c12. The Morgan fingerprint density at radius 3 is 2.77 bits per heavy atom. The van der Waals surface area contributed by atoms with Gasteiger partial charge in [-0.3, -0.25) is 9.78 Å². The summed E-state index contributed by atoms with van der Waals surface area (Å²) in [5, 5.41) is 8.74. The molecule has 9 nitrogen and oxygen atoms in total. The van der Waals surface area contributed by atoms with Crippen LogP contribution in [0.5, 0.6) is 6.01 Å². The van der Waals surface area contributed by atoms with E-state index in [1.54, 1.807) is 48.3 Å². The fourth-order valence-electron chi connectivity index (χ4n) is 5.41. The summed E-state index contributed by atoms with van der Waals surface area (Å²) in [4.78, 5) is 29.1. The van der Waals surface area contributed by atoms with E-state index in [9.17, 15) is 13.6 Å². The van der Waals surface area contributed by atoms with E-state index < -0.39 is 23.4 Å². The number of aromatic nitrogens is 5. The molecule has 1 atom stereocenters. The van der Waals surface area contributed by atoms with Crippen molar-refractivity contribution in [3.05, 3.63) is 83.6 Å². The number of ether oxygens (including phenoxy) is 1. The predicted octanol–water partition coefficient (Wildman–Crippen LogP) is 4.95. The van der Waals surface area contributed by atoms with Gasteiger partial charge in [0.1, 0.15) is 22.8 Å². The molecule has 0 N–H and O–H groups in total. The Morgan fingerprint density at radius 1 is 1.18 bits per heavy atom. The monoisotopic (exact) mass is 595 g/mol. The van der Waals surface area contributed by atoms with Crippen LogP contribution in [-0.2, 0) is 4.79 Å². The van der Waals surface area contributed by atoms with E-state index in [0.717, 1.165) is 6.08 Å². The second kappa shape index (κ2) is 11.6. The number of likely N-dealkylation sites (N-methyl/N-ethyl adjacent to an activating group) is 1. The summed E-state index contributed by atoms with van der Waals surface area (Å²) >= 11 is 0. The Kier molecular flexibility index (Phi) is 7.53. The van der Waals surface area contributed by atoms with Gasteiger partial charge in [0.2, 0.25) is 0 Å². The highest BCUT2D eigenvalue weighted by Crippen LogP contribution is 2.37. The van der Waals surface area contributed by atoms with Crippen molar-refractivity contribution in [1.82, 2.24) is 30.0 Å². The quantitative estimate of drug-likeness (QED) is 0.201. The maximum atomic E-state index is 16.3. The molecule has 0 saturated carbocycles. The molecule has 6 rings (SSSR count). The lowest BCUT2D eigenvalue weighted by Gasteiger charge is -2.27. The van der Waals surface area contributed by atoms with E-state index in [-0.39, 0.29) is 46.5 Å². The van der Waals surface area contributed by atoms with Crippen molar-refractivity contribution in [2.45, 2.75) is 12.5 Å². The van der Waals surface area contributed by atoms with E-state index in [2.05, 4.69) is 31.1 Å². The van der Waals surface area contributed by atoms with Crippen LogP contribution in [0.1, 0.15) is 17.7 Å². The van der Waals surface area contributed by atoms with Gasteiger partial charge in [0, 0.05) is 55.6 Å². The standard InChI is InChI=1S/C32H24F3N7O2/c1-4-21-24(33)11-10-18-7-5-9-22(26(18)21)28-27(35)29-23(16-36-28)30(39-32(38-29)44-3)41(2)20-12-14-42(17-20)31(43)25(34)15-19-8-6-13-37-40-19/h1,5-11,13,15-16,20H,12,14,17H2,2-3H3/b25-15-/t20-/m0/s1. The molecule has 1 aliphatic rings. The highest BCUT2D eigenvalue weighted by atomic mass is 19.1. The van der Waals surface area contributed by atoms with E-state index in [1.165, 1.54) is 30.5 Å². The molecule has 1 saturated heterocycles. The van der Waals surface area contributed by atoms with Gasteiger partial charge in [-0.15, -0.1) is 6.42 Å². The number of methoxy groups -OCH3 is 1. The summed E-state index contributed by atoms with van der Waals surface area (Å²) < 4.78 is 51.0. The van der Waals surface area contributed by atoms with Crippen LogP contribution in [0.25, 0.3) is 39.0 Å². The van der Waals surface area contributed by atoms with Gasteiger partial charge in [0.15, 0.2) is 11.6 Å². The van der Waals surface area contributed by atoms with Gasteiger partial charge in [-0.25, -0.2) is 13.2 Å². The van der Waals surface area contributed by atoms with Crippen LogP contribution >= 0.6 is 0 Å². The number of likely N-dealkylation sites (tertiary alicyclic amines) is 1. The zero-order chi connectivity index (χ0) is 31.0. The van der Waals surface area contributed by atoms with Gasteiger partial charge in [-0.2, -0.15) is 20.2 Å². The average molecular weight is 596 g/mol. The number of fused-ring (bicyclic) bond motifs is 2. The fourth-order valence-corrected chi connectivity index (χ4v) is 5.41. The van der Waals surface area contributed by atoms with E-state index >= 15 is 4.39 Å². The number of hydrogen-bond acceptors (Lipinski definition) is 8. The van der Waals surface area contributed by atoms with Crippen molar-refractivity contribution in [2.24, 2.45) is 0 Å². The van der Waals surface area contributed by atoms with Gasteiger partial charge in [-0.1, -0.05) is 30.2 Å². The van der Waals surface area contributed by atoms with Crippen LogP contribution in [0.4, 0.5) is 19.0 Å². The molecule has 1 amide bonds. The van der Waals surface area contributed by atoms with E-state index in [0.29, 0.717) is 35.1 Å². The summed E-state index contributed by atoms with van der Waals surface area (Å²) in [5.74, 6) is -0.412. The summed E-state index contributed by atoms with van der Waals surface area (Å²) in [7, 11) is 3.10. The number of halogens is 3. The maximum Gasteiger partial charge on any atom is 0.318 e. The largest absolute Gasteiger partial charge is 0.467 e. The van der Waals surface area contributed by atoms with Crippen molar-refractivity contribution >= 4 is 39.5 Å². The highest BCUT2D eigenvalue weighted by Gasteiger charge is 2.33. The number of hydrogen-bond donors (Lipinski definition) is 0. The van der Waals surface area contributed by atoms with Crippen molar-refractivity contribution in [3.63, 3.8) is 0 Å². The summed E-state index contributed by atoms with van der Waals surface area (Å²) in [5.41, 5.74) is 0.404. The number of carbonyl (C=O) groups excluding carboxylic acids is 1. The average Bonchev–Trinajstić information content (AvgIpc) is 3.54. The second-order valence-electron chi connectivity index (χ2n) is 10.1. The number of carbonyl (C=O) groups is 1. The first-order chi connectivity index (χ1) is 21.3. The minimum Gasteiger partial charge on any atom is -0.467 e. The topological polar surface area (TPSA) is 97.2 Å². The first-order valence-electron chi connectivity index (χ1n) is 13.6. The lowest BCUT2D eigenvalue weighted by atomic mass is 9.96. The maximum absolute atomic E-state index is 16.3. The van der Waals surface area contributed by atoms with Gasteiger partial charge in [0.05, 0.1) is 23.8 Å². The van der Waals surface area contributed by atoms with Gasteiger partial charge in [0.25, 0.3) is 5.91 Å². The van der Waals surface area contributed by atoms with E-state index in [4.69, 9.17) is 11.2 Å². The number of terminal acetylenes is 1. The molecule has 3 aromatic heterocycles. The molecular formula is C32H24F3N7O2. The normalized spacial score (nSPS) is 15.0. The van der Waals surface area contributed by atoms with Crippen LogP contribution in [0.3, 0.4) is 0 Å². The molecule has 0 radical (unpaired) electrons. The Labute approximate surface area is 250 Å². The third-order valence-corrected chi connectivity index (χ3v) is 7.62. The molecule has 0 bridgehead atoms. The molecule has 5 aromatic rings. The molecule has 0 unspecified atom stereocenters. The first kappa shape index (κ1) is 28.5. The molecule has 1 aliphatic heterocycles. The minimum atomic E-state index is -0.955. The fraction of sp³-hybridized carbons (Fsp3) is 0.188. The smallest absolute Gasteiger partial charge is 0.318 e. The molecule has 220 valence electrons. The van der Waals surface area contributed by atoms with Crippen molar-refractivity contribution in [3.8, 4) is 29.6 Å². The van der Waals surface area contributed by atoms with Crippen molar-refractivity contribution in [1.29, 1.82) is 0 Å². The zero-order valence-electron chi connectivity index (χ0n) is 23.6. The Hall–Kier alpha value is -5.57. The predicted molar refractivity (Wildman–Crippen MR) is 159 cm³/mol. The van der Waals surface area contributed by atoms with Crippen LogP contribution in [-0.4, -0.2) is 69.2 Å². The number of anilines is 1. The van der Waals surface area contributed by atoms with Crippen LogP contribution < -0.4 is 9.64 Å². The summed E-state index contributed by atoms with van der Waals surface area (Å²) in [6.45, 7) is 0.483. The van der Waals surface area contributed by atoms with Gasteiger partial charge in [-0.05, 0) is 30.0 Å². The van der Waals surface area contributed by atoms with Crippen LogP contribution in [0.2, 0.25) is 0 Å². The Morgan fingerprint density at radius 2 is 2.02 bits per heavy atom.